The van der Waals surface area contributed by atoms with Crippen molar-refractivity contribution in [2.75, 3.05) is 13.7 Å². The lowest BCUT2D eigenvalue weighted by Gasteiger charge is -2.09. The van der Waals surface area contributed by atoms with E-state index in [1.54, 1.807) is 6.92 Å². The SMILES string of the molecule is CCOC(=O)Cc1cc(CCl)c([N+](=O)[O-])c(OC)c1. The molecule has 1 aromatic rings. The maximum absolute atomic E-state index is 11.4. The summed E-state index contributed by atoms with van der Waals surface area (Å²) in [5, 5.41) is 11.0. The van der Waals surface area contributed by atoms with Crippen LogP contribution in [0.3, 0.4) is 0 Å². The molecule has 104 valence electrons. The van der Waals surface area contributed by atoms with Gasteiger partial charge in [-0.1, -0.05) is 0 Å². The molecular weight excluding hydrogens is 274 g/mol. The summed E-state index contributed by atoms with van der Waals surface area (Å²) >= 11 is 5.70. The van der Waals surface area contributed by atoms with Crippen molar-refractivity contribution in [3.05, 3.63) is 33.4 Å². The van der Waals surface area contributed by atoms with E-state index < -0.39 is 10.9 Å². The maximum atomic E-state index is 11.4. The molecule has 0 saturated carbocycles. The molecule has 1 aromatic carbocycles. The van der Waals surface area contributed by atoms with Gasteiger partial charge in [-0.25, -0.2) is 0 Å². The maximum Gasteiger partial charge on any atom is 0.315 e. The molecule has 0 atom stereocenters. The first-order valence-corrected chi connectivity index (χ1v) is 6.12. The number of hydrogen-bond acceptors (Lipinski definition) is 5. The van der Waals surface area contributed by atoms with Gasteiger partial charge in [-0.15, -0.1) is 11.6 Å². The topological polar surface area (TPSA) is 78.7 Å². The van der Waals surface area contributed by atoms with Crippen LogP contribution in [0.5, 0.6) is 5.75 Å². The van der Waals surface area contributed by atoms with Gasteiger partial charge in [-0.3, -0.25) is 14.9 Å². The Bertz CT molecular complexity index is 464. The Morgan fingerprint density at radius 3 is 2.63 bits per heavy atom. The van der Waals surface area contributed by atoms with Gasteiger partial charge < -0.3 is 9.47 Å². The third-order valence-electron chi connectivity index (χ3n) is 2.41. The third-order valence-corrected chi connectivity index (χ3v) is 2.70. The van der Waals surface area contributed by atoms with Crippen LogP contribution in [0.4, 0.5) is 5.69 Å². The minimum Gasteiger partial charge on any atom is -0.490 e. The van der Waals surface area contributed by atoms with Crippen molar-refractivity contribution in [3.63, 3.8) is 0 Å². The minimum atomic E-state index is -0.551. The van der Waals surface area contributed by atoms with Gasteiger partial charge in [0.25, 0.3) is 0 Å². The van der Waals surface area contributed by atoms with E-state index in [1.807, 2.05) is 0 Å². The number of halogens is 1. The molecule has 0 aliphatic carbocycles. The van der Waals surface area contributed by atoms with Crippen LogP contribution < -0.4 is 4.74 Å². The second-order valence-electron chi connectivity index (χ2n) is 3.68. The van der Waals surface area contributed by atoms with Gasteiger partial charge in [0.1, 0.15) is 0 Å². The number of methoxy groups -OCH3 is 1. The van der Waals surface area contributed by atoms with E-state index in [-0.39, 0.29) is 30.3 Å². The number of ether oxygens (including phenoxy) is 2. The van der Waals surface area contributed by atoms with E-state index in [0.717, 1.165) is 0 Å². The van der Waals surface area contributed by atoms with Crippen molar-refractivity contribution < 1.29 is 19.2 Å². The van der Waals surface area contributed by atoms with Gasteiger partial charge in [-0.2, -0.15) is 0 Å². The smallest absolute Gasteiger partial charge is 0.315 e. The lowest BCUT2D eigenvalue weighted by molar-refractivity contribution is -0.386. The van der Waals surface area contributed by atoms with E-state index in [1.165, 1.54) is 19.2 Å². The highest BCUT2D eigenvalue weighted by molar-refractivity contribution is 6.17. The van der Waals surface area contributed by atoms with Crippen molar-refractivity contribution in [2.24, 2.45) is 0 Å². The average molecular weight is 288 g/mol. The molecule has 1 rings (SSSR count). The van der Waals surface area contributed by atoms with Crippen LogP contribution in [0.25, 0.3) is 0 Å². The molecule has 0 aliphatic rings. The molecule has 0 radical (unpaired) electrons. The van der Waals surface area contributed by atoms with E-state index in [2.05, 4.69) is 0 Å². The molecule has 0 aromatic heterocycles. The Hall–Kier alpha value is -1.82. The standard InChI is InChI=1S/C12H14ClNO5/c1-3-19-11(15)6-8-4-9(7-13)12(14(16)17)10(5-8)18-2/h4-5H,3,6-7H2,1-2H3. The summed E-state index contributed by atoms with van der Waals surface area (Å²) in [6, 6.07) is 2.97. The zero-order valence-corrected chi connectivity index (χ0v) is 11.4. The van der Waals surface area contributed by atoms with Gasteiger partial charge in [-0.05, 0) is 24.6 Å². The average Bonchev–Trinajstić information content (AvgIpc) is 2.37. The Morgan fingerprint density at radius 1 is 1.47 bits per heavy atom. The van der Waals surface area contributed by atoms with E-state index in [4.69, 9.17) is 21.1 Å². The zero-order valence-electron chi connectivity index (χ0n) is 10.6. The summed E-state index contributed by atoms with van der Waals surface area (Å²) in [7, 11) is 1.33. The largest absolute Gasteiger partial charge is 0.490 e. The number of nitro benzene ring substituents is 1. The molecule has 0 fully saturated rings. The highest BCUT2D eigenvalue weighted by Crippen LogP contribution is 2.33. The van der Waals surface area contributed by atoms with Crippen LogP contribution in [0.15, 0.2) is 12.1 Å². The van der Waals surface area contributed by atoms with Crippen LogP contribution in [0, 0.1) is 10.1 Å². The lowest BCUT2D eigenvalue weighted by Crippen LogP contribution is -2.08. The predicted molar refractivity (Wildman–Crippen MR) is 69.5 cm³/mol. The number of benzene rings is 1. The highest BCUT2D eigenvalue weighted by atomic mass is 35.5. The van der Waals surface area contributed by atoms with Crippen LogP contribution in [0.1, 0.15) is 18.1 Å². The summed E-state index contributed by atoms with van der Waals surface area (Å²) in [5.41, 5.74) is 0.701. The number of alkyl halides is 1. The van der Waals surface area contributed by atoms with Crippen molar-refractivity contribution in [1.29, 1.82) is 0 Å². The molecule has 0 saturated heterocycles. The van der Waals surface area contributed by atoms with Gasteiger partial charge in [0.15, 0.2) is 5.75 Å². The number of hydrogen-bond donors (Lipinski definition) is 0. The molecule has 6 nitrogen and oxygen atoms in total. The molecule has 19 heavy (non-hydrogen) atoms. The summed E-state index contributed by atoms with van der Waals surface area (Å²) in [5.74, 6) is -0.357. The molecule has 0 spiro atoms. The fourth-order valence-corrected chi connectivity index (χ4v) is 1.88. The fourth-order valence-electron chi connectivity index (χ4n) is 1.67. The number of nitro groups is 1. The van der Waals surface area contributed by atoms with E-state index in [9.17, 15) is 14.9 Å². The number of nitrogens with zero attached hydrogens (tertiary/aromatic N) is 1. The molecule has 7 heteroatoms. The van der Waals surface area contributed by atoms with Gasteiger partial charge >= 0.3 is 11.7 Å². The summed E-state index contributed by atoms with van der Waals surface area (Å²) < 4.78 is 9.80. The summed E-state index contributed by atoms with van der Waals surface area (Å²) in [6.45, 7) is 1.99. The first-order valence-electron chi connectivity index (χ1n) is 5.59. The van der Waals surface area contributed by atoms with E-state index >= 15 is 0 Å². The summed E-state index contributed by atoms with van der Waals surface area (Å²) in [6.07, 6.45) is 0.0199. The second-order valence-corrected chi connectivity index (χ2v) is 3.95. The molecular formula is C12H14ClNO5. The Labute approximate surface area is 115 Å². The van der Waals surface area contributed by atoms with Crippen molar-refractivity contribution in [2.45, 2.75) is 19.2 Å². The lowest BCUT2D eigenvalue weighted by atomic mass is 10.1. The zero-order chi connectivity index (χ0) is 14.4. The van der Waals surface area contributed by atoms with E-state index in [0.29, 0.717) is 11.1 Å². The van der Waals surface area contributed by atoms with Gasteiger partial charge in [0, 0.05) is 5.56 Å². The first-order chi connectivity index (χ1) is 9.03. The number of rotatable bonds is 6. The van der Waals surface area contributed by atoms with Gasteiger partial charge in [0.2, 0.25) is 0 Å². The van der Waals surface area contributed by atoms with Crippen molar-refractivity contribution in [3.8, 4) is 5.75 Å². The minimum absolute atomic E-state index is 0.0199. The van der Waals surface area contributed by atoms with Crippen molar-refractivity contribution >= 4 is 23.3 Å². The Morgan fingerprint density at radius 2 is 2.16 bits per heavy atom. The quantitative estimate of drug-likeness (QED) is 0.347. The molecule has 0 bridgehead atoms. The number of carbonyl (C=O) groups excluding carboxylic acids is 1. The van der Waals surface area contributed by atoms with Crippen molar-refractivity contribution in [1.82, 2.24) is 0 Å². The fraction of sp³-hybridized carbons (Fsp3) is 0.417. The second kappa shape index (κ2) is 6.94. The first kappa shape index (κ1) is 15.2. The van der Waals surface area contributed by atoms with Gasteiger partial charge in [0.05, 0.1) is 30.9 Å². The highest BCUT2D eigenvalue weighted by Gasteiger charge is 2.22. The summed E-state index contributed by atoms with van der Waals surface area (Å²) in [4.78, 5) is 21.8. The number of carbonyl (C=O) groups is 1. The van der Waals surface area contributed by atoms with Crippen LogP contribution >= 0.6 is 11.6 Å². The number of esters is 1. The third kappa shape index (κ3) is 3.82. The normalized spacial score (nSPS) is 10.1. The van der Waals surface area contributed by atoms with Crippen LogP contribution in [-0.2, 0) is 21.8 Å². The Balaban J connectivity index is 3.16. The molecule has 0 N–H and O–H groups in total. The molecule has 0 amide bonds. The van der Waals surface area contributed by atoms with Crippen LogP contribution in [0.2, 0.25) is 0 Å². The predicted octanol–water partition coefficient (Wildman–Crippen LogP) is 2.45. The monoisotopic (exact) mass is 287 g/mol. The molecule has 0 heterocycles. The molecule has 0 aliphatic heterocycles. The Kier molecular flexibility index (Phi) is 5.57. The molecule has 0 unspecified atom stereocenters. The van der Waals surface area contributed by atoms with Crippen LogP contribution in [-0.4, -0.2) is 24.6 Å².